The molecule has 2 aromatic rings. The van der Waals surface area contributed by atoms with E-state index in [-0.39, 0.29) is 6.04 Å². The Balaban J connectivity index is 2.03. The molecule has 2 N–H and O–H groups in total. The van der Waals surface area contributed by atoms with E-state index in [2.05, 4.69) is 35.0 Å². The zero-order valence-corrected chi connectivity index (χ0v) is 10.4. The van der Waals surface area contributed by atoms with Crippen molar-refractivity contribution in [2.24, 2.45) is 5.73 Å². The Kier molecular flexibility index (Phi) is 2.87. The van der Waals surface area contributed by atoms with Gasteiger partial charge in [0.25, 0.3) is 0 Å². The normalized spacial score (nSPS) is 16.1. The van der Waals surface area contributed by atoms with Gasteiger partial charge in [-0.3, -0.25) is 0 Å². The topological polar surface area (TPSA) is 35.2 Å². The van der Waals surface area contributed by atoms with E-state index in [1.165, 1.54) is 5.56 Å². The summed E-state index contributed by atoms with van der Waals surface area (Å²) >= 11 is 1.68. The number of para-hydroxylation sites is 1. The highest BCUT2D eigenvalue weighted by Gasteiger charge is 2.19. The van der Waals surface area contributed by atoms with Crippen molar-refractivity contribution >= 4 is 11.3 Å². The van der Waals surface area contributed by atoms with E-state index in [4.69, 9.17) is 10.5 Å². The number of fused-ring (bicyclic) bond motifs is 1. The minimum atomic E-state index is -0.0747. The fourth-order valence-corrected chi connectivity index (χ4v) is 2.99. The minimum absolute atomic E-state index is 0.0747. The quantitative estimate of drug-likeness (QED) is 0.882. The summed E-state index contributed by atoms with van der Waals surface area (Å²) in [5.74, 6) is 1.01. The van der Waals surface area contributed by atoms with Crippen molar-refractivity contribution in [3.8, 4) is 5.75 Å². The molecule has 1 unspecified atom stereocenters. The summed E-state index contributed by atoms with van der Waals surface area (Å²) in [6, 6.07) is 8.30. The van der Waals surface area contributed by atoms with E-state index in [1.54, 1.807) is 11.3 Å². The van der Waals surface area contributed by atoms with E-state index in [1.807, 2.05) is 0 Å². The second-order valence-corrected chi connectivity index (χ2v) is 5.10. The van der Waals surface area contributed by atoms with E-state index < -0.39 is 0 Å². The van der Waals surface area contributed by atoms with Crippen molar-refractivity contribution in [3.63, 3.8) is 0 Å². The molecule has 88 valence electrons. The first kappa shape index (κ1) is 10.8. The molecule has 1 aromatic carbocycles. The standard InChI is InChI=1S/C14H15NOS/c15-13(11-6-8-17-9-11)12-5-1-3-10-4-2-7-16-14(10)12/h1,3,5-6,8-9,13H,2,4,7,15H2. The van der Waals surface area contributed by atoms with Crippen LogP contribution in [-0.2, 0) is 6.42 Å². The fraction of sp³-hybridized carbons (Fsp3) is 0.286. The Morgan fingerprint density at radius 1 is 1.29 bits per heavy atom. The Hall–Kier alpha value is -1.32. The number of hydrogen-bond acceptors (Lipinski definition) is 3. The third-order valence-electron chi connectivity index (χ3n) is 3.20. The van der Waals surface area contributed by atoms with Crippen molar-refractivity contribution in [2.75, 3.05) is 6.61 Å². The Morgan fingerprint density at radius 3 is 3.06 bits per heavy atom. The molecule has 0 radical (unpaired) electrons. The minimum Gasteiger partial charge on any atom is -0.493 e. The van der Waals surface area contributed by atoms with Gasteiger partial charge in [-0.1, -0.05) is 18.2 Å². The lowest BCUT2D eigenvalue weighted by molar-refractivity contribution is 0.284. The van der Waals surface area contributed by atoms with Crippen molar-refractivity contribution in [2.45, 2.75) is 18.9 Å². The van der Waals surface area contributed by atoms with Crippen LogP contribution < -0.4 is 10.5 Å². The maximum atomic E-state index is 6.31. The number of thiophene rings is 1. The predicted octanol–water partition coefficient (Wildman–Crippen LogP) is 3.12. The molecule has 17 heavy (non-hydrogen) atoms. The van der Waals surface area contributed by atoms with Gasteiger partial charge in [-0.05, 0) is 40.8 Å². The van der Waals surface area contributed by atoms with Gasteiger partial charge in [0.15, 0.2) is 0 Å². The SMILES string of the molecule is NC(c1ccsc1)c1cccc2c1OCCC2. The van der Waals surface area contributed by atoms with Crippen LogP contribution in [-0.4, -0.2) is 6.61 Å². The van der Waals surface area contributed by atoms with Crippen LogP contribution in [0.25, 0.3) is 0 Å². The molecule has 3 heteroatoms. The Bertz CT molecular complexity index is 507. The summed E-state index contributed by atoms with van der Waals surface area (Å²) in [4.78, 5) is 0. The Labute approximate surface area is 105 Å². The van der Waals surface area contributed by atoms with Gasteiger partial charge in [0.1, 0.15) is 5.75 Å². The lowest BCUT2D eigenvalue weighted by atomic mass is 9.96. The van der Waals surface area contributed by atoms with Crippen LogP contribution >= 0.6 is 11.3 Å². The monoisotopic (exact) mass is 245 g/mol. The van der Waals surface area contributed by atoms with Gasteiger partial charge in [-0.15, -0.1) is 0 Å². The van der Waals surface area contributed by atoms with Crippen molar-refractivity contribution in [1.82, 2.24) is 0 Å². The number of hydrogen-bond donors (Lipinski definition) is 1. The first-order chi connectivity index (χ1) is 8.36. The average molecular weight is 245 g/mol. The van der Waals surface area contributed by atoms with E-state index in [0.717, 1.165) is 36.3 Å². The van der Waals surface area contributed by atoms with Crippen molar-refractivity contribution in [1.29, 1.82) is 0 Å². The third kappa shape index (κ3) is 1.96. The Morgan fingerprint density at radius 2 is 2.24 bits per heavy atom. The second kappa shape index (κ2) is 4.51. The largest absolute Gasteiger partial charge is 0.493 e. The molecule has 2 heterocycles. The summed E-state index contributed by atoms with van der Waals surface area (Å²) in [5.41, 5.74) is 9.88. The molecular weight excluding hydrogens is 230 g/mol. The molecule has 1 aromatic heterocycles. The zero-order chi connectivity index (χ0) is 11.7. The predicted molar refractivity (Wildman–Crippen MR) is 70.6 cm³/mol. The lowest BCUT2D eigenvalue weighted by Gasteiger charge is -2.23. The van der Waals surface area contributed by atoms with Crippen molar-refractivity contribution in [3.05, 3.63) is 51.7 Å². The molecule has 3 rings (SSSR count). The molecule has 1 aliphatic heterocycles. The van der Waals surface area contributed by atoms with Crippen LogP contribution in [0, 0.1) is 0 Å². The molecule has 0 fully saturated rings. The fourth-order valence-electron chi connectivity index (χ4n) is 2.29. The molecule has 0 aliphatic carbocycles. The van der Waals surface area contributed by atoms with Gasteiger partial charge in [0.2, 0.25) is 0 Å². The highest BCUT2D eigenvalue weighted by atomic mass is 32.1. The zero-order valence-electron chi connectivity index (χ0n) is 9.56. The summed E-state index contributed by atoms with van der Waals surface area (Å²) in [7, 11) is 0. The van der Waals surface area contributed by atoms with Gasteiger partial charge in [-0.25, -0.2) is 0 Å². The molecule has 1 aliphatic rings. The van der Waals surface area contributed by atoms with Crippen LogP contribution in [0.1, 0.15) is 29.2 Å². The van der Waals surface area contributed by atoms with E-state index in [0.29, 0.717) is 0 Å². The number of ether oxygens (including phenoxy) is 1. The molecule has 0 saturated carbocycles. The molecule has 0 amide bonds. The van der Waals surface area contributed by atoms with Gasteiger partial charge in [0.05, 0.1) is 12.6 Å². The van der Waals surface area contributed by atoms with Gasteiger partial charge >= 0.3 is 0 Å². The third-order valence-corrected chi connectivity index (χ3v) is 3.90. The van der Waals surface area contributed by atoms with Crippen LogP contribution in [0.2, 0.25) is 0 Å². The summed E-state index contributed by atoms with van der Waals surface area (Å²) in [6.07, 6.45) is 2.20. The van der Waals surface area contributed by atoms with Crippen LogP contribution in [0.15, 0.2) is 35.0 Å². The van der Waals surface area contributed by atoms with Gasteiger partial charge < -0.3 is 10.5 Å². The number of aryl methyl sites for hydroxylation is 1. The highest BCUT2D eigenvalue weighted by Crippen LogP contribution is 2.34. The maximum absolute atomic E-state index is 6.31. The van der Waals surface area contributed by atoms with Gasteiger partial charge in [0, 0.05) is 5.56 Å². The summed E-state index contributed by atoms with van der Waals surface area (Å²) in [6.45, 7) is 0.806. The van der Waals surface area contributed by atoms with E-state index in [9.17, 15) is 0 Å². The first-order valence-electron chi connectivity index (χ1n) is 5.88. The van der Waals surface area contributed by atoms with E-state index >= 15 is 0 Å². The molecule has 0 saturated heterocycles. The smallest absolute Gasteiger partial charge is 0.127 e. The van der Waals surface area contributed by atoms with Crippen molar-refractivity contribution < 1.29 is 4.74 Å². The molecule has 2 nitrogen and oxygen atoms in total. The molecule has 1 atom stereocenters. The molecular formula is C14H15NOS. The van der Waals surface area contributed by atoms with Crippen LogP contribution in [0.4, 0.5) is 0 Å². The second-order valence-electron chi connectivity index (χ2n) is 4.32. The molecule has 0 bridgehead atoms. The van der Waals surface area contributed by atoms with Gasteiger partial charge in [-0.2, -0.15) is 11.3 Å². The van der Waals surface area contributed by atoms with Crippen LogP contribution in [0.5, 0.6) is 5.75 Å². The number of nitrogens with two attached hydrogens (primary N) is 1. The maximum Gasteiger partial charge on any atom is 0.127 e. The molecule has 0 spiro atoms. The van der Waals surface area contributed by atoms with Crippen LogP contribution in [0.3, 0.4) is 0 Å². The summed E-state index contributed by atoms with van der Waals surface area (Å²) in [5, 5.41) is 4.17. The average Bonchev–Trinajstić information content (AvgIpc) is 2.91. The number of rotatable bonds is 2. The number of benzene rings is 1. The lowest BCUT2D eigenvalue weighted by Crippen LogP contribution is -2.16. The summed E-state index contributed by atoms with van der Waals surface area (Å²) < 4.78 is 5.80. The first-order valence-corrected chi connectivity index (χ1v) is 6.83. The highest BCUT2D eigenvalue weighted by molar-refractivity contribution is 7.08.